The molecule has 1 N–H and O–H groups in total. The van der Waals surface area contributed by atoms with Crippen LogP contribution in [-0.2, 0) is 17.8 Å². The van der Waals surface area contributed by atoms with Gasteiger partial charge in [0.05, 0.1) is 12.1 Å². The van der Waals surface area contributed by atoms with E-state index >= 15 is 0 Å². The van der Waals surface area contributed by atoms with E-state index in [0.717, 1.165) is 19.5 Å². The number of hydrogen-bond donors (Lipinski definition) is 1. The number of tetrazole rings is 1. The van der Waals surface area contributed by atoms with Gasteiger partial charge >= 0.3 is 0 Å². The SMILES string of the molecule is Cc1ccc(C)c(CN2C[C@@H](n3cnnn3)C[C@H]2C(=O)NCCc2ccccc2)c1. The van der Waals surface area contributed by atoms with E-state index in [9.17, 15) is 4.79 Å². The van der Waals surface area contributed by atoms with Crippen LogP contribution in [0.1, 0.15) is 34.7 Å². The summed E-state index contributed by atoms with van der Waals surface area (Å²) in [7, 11) is 0. The molecule has 1 aliphatic heterocycles. The highest BCUT2D eigenvalue weighted by molar-refractivity contribution is 5.82. The molecule has 2 aromatic carbocycles. The lowest BCUT2D eigenvalue weighted by Gasteiger charge is -2.24. The molecule has 2 heterocycles. The Morgan fingerprint density at radius 3 is 2.77 bits per heavy atom. The van der Waals surface area contributed by atoms with E-state index in [1.807, 2.05) is 18.2 Å². The molecule has 1 saturated heterocycles. The number of benzene rings is 2. The molecule has 0 bridgehead atoms. The van der Waals surface area contributed by atoms with Crippen LogP contribution in [-0.4, -0.2) is 50.1 Å². The molecular formula is C23H28N6O. The minimum absolute atomic E-state index is 0.0758. The summed E-state index contributed by atoms with van der Waals surface area (Å²) in [5.74, 6) is 0.0758. The highest BCUT2D eigenvalue weighted by Gasteiger charge is 2.38. The number of rotatable bonds is 7. The molecule has 0 unspecified atom stereocenters. The Kier molecular flexibility index (Phi) is 6.18. The Hall–Kier alpha value is -3.06. The number of hydrogen-bond acceptors (Lipinski definition) is 5. The second kappa shape index (κ2) is 9.17. The zero-order valence-electron chi connectivity index (χ0n) is 17.5. The van der Waals surface area contributed by atoms with Crippen LogP contribution in [0.25, 0.3) is 0 Å². The molecule has 1 aromatic heterocycles. The third kappa shape index (κ3) is 4.74. The molecule has 7 nitrogen and oxygen atoms in total. The van der Waals surface area contributed by atoms with Gasteiger partial charge in [0, 0.05) is 19.6 Å². The molecule has 0 radical (unpaired) electrons. The highest BCUT2D eigenvalue weighted by atomic mass is 16.2. The van der Waals surface area contributed by atoms with Crippen molar-refractivity contribution in [3.8, 4) is 0 Å². The quantitative estimate of drug-likeness (QED) is 0.655. The molecule has 1 amide bonds. The number of carbonyl (C=O) groups is 1. The topological polar surface area (TPSA) is 75.9 Å². The van der Waals surface area contributed by atoms with Gasteiger partial charge in [-0.25, -0.2) is 4.68 Å². The smallest absolute Gasteiger partial charge is 0.237 e. The van der Waals surface area contributed by atoms with E-state index in [1.54, 1.807) is 11.0 Å². The summed E-state index contributed by atoms with van der Waals surface area (Å²) in [5, 5.41) is 14.7. The molecule has 156 valence electrons. The van der Waals surface area contributed by atoms with Crippen molar-refractivity contribution >= 4 is 5.91 Å². The van der Waals surface area contributed by atoms with E-state index in [-0.39, 0.29) is 18.0 Å². The summed E-state index contributed by atoms with van der Waals surface area (Å²) < 4.78 is 1.77. The van der Waals surface area contributed by atoms with Crippen molar-refractivity contribution < 1.29 is 4.79 Å². The third-order valence-corrected chi connectivity index (χ3v) is 5.86. The lowest BCUT2D eigenvalue weighted by atomic mass is 10.0. The first-order valence-corrected chi connectivity index (χ1v) is 10.4. The molecule has 0 spiro atoms. The number of nitrogens with zero attached hydrogens (tertiary/aromatic N) is 5. The number of likely N-dealkylation sites (tertiary alicyclic amines) is 1. The predicted molar refractivity (Wildman–Crippen MR) is 115 cm³/mol. The molecule has 0 saturated carbocycles. The van der Waals surface area contributed by atoms with Crippen molar-refractivity contribution in [3.63, 3.8) is 0 Å². The lowest BCUT2D eigenvalue weighted by molar-refractivity contribution is -0.125. The molecule has 4 rings (SSSR count). The van der Waals surface area contributed by atoms with Crippen molar-refractivity contribution in [1.29, 1.82) is 0 Å². The Morgan fingerprint density at radius 1 is 1.17 bits per heavy atom. The van der Waals surface area contributed by atoms with Gasteiger partial charge in [-0.15, -0.1) is 5.10 Å². The average molecular weight is 405 g/mol. The van der Waals surface area contributed by atoms with Crippen molar-refractivity contribution in [2.45, 2.75) is 45.3 Å². The summed E-state index contributed by atoms with van der Waals surface area (Å²) in [4.78, 5) is 15.3. The predicted octanol–water partition coefficient (Wildman–Crippen LogP) is 2.46. The zero-order chi connectivity index (χ0) is 20.9. The first kappa shape index (κ1) is 20.2. The fraction of sp³-hybridized carbons (Fsp3) is 0.391. The second-order valence-electron chi connectivity index (χ2n) is 8.08. The maximum absolute atomic E-state index is 13.1. The number of nitrogens with one attached hydrogen (secondary N) is 1. The molecule has 1 fully saturated rings. The van der Waals surface area contributed by atoms with Crippen molar-refractivity contribution in [2.24, 2.45) is 0 Å². The van der Waals surface area contributed by atoms with E-state index in [0.29, 0.717) is 13.0 Å². The minimum atomic E-state index is -0.199. The van der Waals surface area contributed by atoms with Gasteiger partial charge in [-0.3, -0.25) is 9.69 Å². The maximum atomic E-state index is 13.1. The molecule has 3 aromatic rings. The molecular weight excluding hydrogens is 376 g/mol. The van der Waals surface area contributed by atoms with Gasteiger partial charge < -0.3 is 5.32 Å². The van der Waals surface area contributed by atoms with Gasteiger partial charge in [0.2, 0.25) is 5.91 Å². The Labute approximate surface area is 177 Å². The van der Waals surface area contributed by atoms with Crippen LogP contribution in [0.2, 0.25) is 0 Å². The summed E-state index contributed by atoms with van der Waals surface area (Å²) >= 11 is 0. The zero-order valence-corrected chi connectivity index (χ0v) is 17.5. The Bertz CT molecular complexity index is 973. The fourth-order valence-electron chi connectivity index (χ4n) is 4.14. The standard InChI is InChI=1S/C23H28N6O/c1-17-8-9-18(2)20(12-17)14-28-15-21(29-16-25-26-27-29)13-22(28)23(30)24-11-10-19-6-4-3-5-7-19/h3-9,12,16,21-22H,10-11,13-15H2,1-2H3,(H,24,30)/t21-,22-/m0/s1. The van der Waals surface area contributed by atoms with E-state index in [2.05, 4.69) is 69.9 Å². The van der Waals surface area contributed by atoms with E-state index in [1.165, 1.54) is 22.3 Å². The van der Waals surface area contributed by atoms with Crippen LogP contribution in [0.15, 0.2) is 54.9 Å². The van der Waals surface area contributed by atoms with E-state index < -0.39 is 0 Å². The largest absolute Gasteiger partial charge is 0.354 e. The van der Waals surface area contributed by atoms with Crippen molar-refractivity contribution in [2.75, 3.05) is 13.1 Å². The summed E-state index contributed by atoms with van der Waals surface area (Å²) in [5.41, 5.74) is 4.96. The van der Waals surface area contributed by atoms with Crippen LogP contribution < -0.4 is 5.32 Å². The first-order valence-electron chi connectivity index (χ1n) is 10.4. The van der Waals surface area contributed by atoms with Crippen LogP contribution >= 0.6 is 0 Å². The average Bonchev–Trinajstić information content (AvgIpc) is 3.41. The fourth-order valence-corrected chi connectivity index (χ4v) is 4.14. The molecule has 2 atom stereocenters. The molecule has 1 aliphatic rings. The minimum Gasteiger partial charge on any atom is -0.354 e. The number of aromatic nitrogens is 4. The van der Waals surface area contributed by atoms with Crippen molar-refractivity contribution in [1.82, 2.24) is 30.4 Å². The number of amides is 1. The highest BCUT2D eigenvalue weighted by Crippen LogP contribution is 2.29. The van der Waals surface area contributed by atoms with E-state index in [4.69, 9.17) is 0 Å². The number of carbonyl (C=O) groups excluding carboxylic acids is 1. The number of aryl methyl sites for hydroxylation is 2. The monoisotopic (exact) mass is 404 g/mol. The maximum Gasteiger partial charge on any atom is 0.237 e. The third-order valence-electron chi connectivity index (χ3n) is 5.86. The lowest BCUT2D eigenvalue weighted by Crippen LogP contribution is -2.43. The van der Waals surface area contributed by atoms with Crippen LogP contribution in [0, 0.1) is 13.8 Å². The molecule has 7 heteroatoms. The normalized spacial score (nSPS) is 19.1. The van der Waals surface area contributed by atoms with Gasteiger partial charge in [0.1, 0.15) is 6.33 Å². The van der Waals surface area contributed by atoms with Gasteiger partial charge in [0.15, 0.2) is 0 Å². The Balaban J connectivity index is 1.45. The van der Waals surface area contributed by atoms with Gasteiger partial charge in [-0.05, 0) is 53.8 Å². The van der Waals surface area contributed by atoms with Crippen LogP contribution in [0.5, 0.6) is 0 Å². The van der Waals surface area contributed by atoms with Crippen molar-refractivity contribution in [3.05, 3.63) is 77.1 Å². The summed E-state index contributed by atoms with van der Waals surface area (Å²) in [6, 6.07) is 16.6. The van der Waals surface area contributed by atoms with Gasteiger partial charge in [0.25, 0.3) is 0 Å². The first-order chi connectivity index (χ1) is 14.6. The summed E-state index contributed by atoms with van der Waals surface area (Å²) in [6.45, 7) is 6.34. The Morgan fingerprint density at radius 2 is 2.00 bits per heavy atom. The summed E-state index contributed by atoms with van der Waals surface area (Å²) in [6.07, 6.45) is 3.16. The van der Waals surface area contributed by atoms with Gasteiger partial charge in [-0.2, -0.15) is 0 Å². The van der Waals surface area contributed by atoms with Crippen LogP contribution in [0.3, 0.4) is 0 Å². The molecule has 30 heavy (non-hydrogen) atoms. The van der Waals surface area contributed by atoms with Gasteiger partial charge in [-0.1, -0.05) is 54.1 Å². The van der Waals surface area contributed by atoms with Crippen LogP contribution in [0.4, 0.5) is 0 Å². The molecule has 0 aliphatic carbocycles. The second-order valence-corrected chi connectivity index (χ2v) is 8.08.